The molecule has 0 amide bonds. The zero-order valence-corrected chi connectivity index (χ0v) is 17.2. The van der Waals surface area contributed by atoms with E-state index in [0.717, 1.165) is 10.6 Å². The number of hydrogen-bond donors (Lipinski definition) is 2. The normalized spacial score (nSPS) is 14.0. The van der Waals surface area contributed by atoms with Gasteiger partial charge in [0.2, 0.25) is 0 Å². The standard InChI is InChI=1S/C20H23NO5S2/c1-28(24,25)20(18-7-3-13-21-18,11-2-5-15-6-4-14-26-15)12-10-16-8-9-17(27-16)19(22)23/h3-4,6-9,13-14,21H,2,5,10-12H2,1H3,(H,22,23). The molecule has 3 heterocycles. The van der Waals surface area contributed by atoms with Gasteiger partial charge in [0.25, 0.3) is 0 Å². The number of aryl methyl sites for hydroxylation is 2. The van der Waals surface area contributed by atoms with Crippen LogP contribution in [0.4, 0.5) is 0 Å². The molecule has 0 bridgehead atoms. The van der Waals surface area contributed by atoms with Crippen LogP contribution >= 0.6 is 11.3 Å². The van der Waals surface area contributed by atoms with Gasteiger partial charge in [0.1, 0.15) is 15.4 Å². The molecule has 0 aliphatic heterocycles. The summed E-state index contributed by atoms with van der Waals surface area (Å²) in [7, 11) is -3.44. The second-order valence-electron chi connectivity index (χ2n) is 6.85. The number of aromatic nitrogens is 1. The number of furan rings is 1. The van der Waals surface area contributed by atoms with Crippen LogP contribution in [0, 0.1) is 0 Å². The van der Waals surface area contributed by atoms with Crippen molar-refractivity contribution in [1.82, 2.24) is 4.98 Å². The van der Waals surface area contributed by atoms with Gasteiger partial charge < -0.3 is 14.5 Å². The van der Waals surface area contributed by atoms with E-state index in [1.165, 1.54) is 17.6 Å². The minimum Gasteiger partial charge on any atom is -0.477 e. The Hall–Kier alpha value is -2.32. The fourth-order valence-electron chi connectivity index (χ4n) is 3.53. The van der Waals surface area contributed by atoms with E-state index in [0.29, 0.717) is 37.8 Å². The second-order valence-corrected chi connectivity index (χ2v) is 10.3. The summed E-state index contributed by atoms with van der Waals surface area (Å²) in [6.07, 6.45) is 7.25. The number of aromatic carboxylic acids is 1. The Kier molecular flexibility index (Phi) is 6.10. The number of rotatable bonds is 10. The van der Waals surface area contributed by atoms with Crippen molar-refractivity contribution in [2.75, 3.05) is 6.26 Å². The number of sulfone groups is 1. The third-order valence-corrected chi connectivity index (χ3v) is 8.21. The van der Waals surface area contributed by atoms with Crippen molar-refractivity contribution in [3.8, 4) is 0 Å². The molecule has 0 aliphatic rings. The molecule has 150 valence electrons. The fraction of sp³-hybridized carbons (Fsp3) is 0.350. The maximum atomic E-state index is 12.9. The van der Waals surface area contributed by atoms with Gasteiger partial charge in [-0.15, -0.1) is 11.3 Å². The van der Waals surface area contributed by atoms with Gasteiger partial charge in [-0.3, -0.25) is 0 Å². The zero-order valence-electron chi connectivity index (χ0n) is 15.6. The van der Waals surface area contributed by atoms with Gasteiger partial charge in [-0.25, -0.2) is 13.2 Å². The number of H-pyrrole nitrogens is 1. The number of carboxylic acid groups (broad SMARTS) is 1. The van der Waals surface area contributed by atoms with Gasteiger partial charge in [0.05, 0.1) is 6.26 Å². The van der Waals surface area contributed by atoms with Crippen molar-refractivity contribution >= 4 is 27.1 Å². The Morgan fingerprint density at radius 3 is 2.57 bits per heavy atom. The molecule has 3 aromatic heterocycles. The zero-order chi connectivity index (χ0) is 20.2. The summed E-state index contributed by atoms with van der Waals surface area (Å²) >= 11 is 1.19. The van der Waals surface area contributed by atoms with Crippen molar-refractivity contribution in [2.45, 2.75) is 36.9 Å². The highest BCUT2D eigenvalue weighted by atomic mass is 32.2. The molecule has 0 radical (unpaired) electrons. The van der Waals surface area contributed by atoms with Crippen LogP contribution in [0.25, 0.3) is 0 Å². The van der Waals surface area contributed by atoms with Gasteiger partial charge in [-0.05, 0) is 62.1 Å². The number of carboxylic acids is 1. The first kappa shape index (κ1) is 20.4. The number of aromatic amines is 1. The van der Waals surface area contributed by atoms with Crippen molar-refractivity contribution in [3.05, 3.63) is 70.1 Å². The molecule has 1 atom stereocenters. The van der Waals surface area contributed by atoms with Crippen LogP contribution < -0.4 is 0 Å². The van der Waals surface area contributed by atoms with Gasteiger partial charge in [-0.1, -0.05) is 0 Å². The summed E-state index contributed by atoms with van der Waals surface area (Å²) < 4.78 is 30.2. The number of nitrogens with one attached hydrogen (secondary N) is 1. The number of hydrogen-bond acceptors (Lipinski definition) is 5. The Morgan fingerprint density at radius 1 is 1.18 bits per heavy atom. The van der Waals surface area contributed by atoms with Crippen molar-refractivity contribution < 1.29 is 22.7 Å². The van der Waals surface area contributed by atoms with Crippen molar-refractivity contribution in [3.63, 3.8) is 0 Å². The number of thiophene rings is 1. The van der Waals surface area contributed by atoms with E-state index < -0.39 is 20.6 Å². The van der Waals surface area contributed by atoms with Crippen LogP contribution in [0.3, 0.4) is 0 Å². The number of carbonyl (C=O) groups is 1. The van der Waals surface area contributed by atoms with E-state index in [-0.39, 0.29) is 4.88 Å². The minimum atomic E-state index is -3.44. The first-order valence-electron chi connectivity index (χ1n) is 9.00. The SMILES string of the molecule is CS(=O)(=O)C(CCCc1ccco1)(CCc1ccc(C(=O)O)s1)c1ccc[nH]1. The molecule has 3 rings (SSSR count). The lowest BCUT2D eigenvalue weighted by Crippen LogP contribution is -2.36. The quantitative estimate of drug-likeness (QED) is 0.509. The van der Waals surface area contributed by atoms with Crippen LogP contribution in [0.5, 0.6) is 0 Å². The third-order valence-electron chi connectivity index (χ3n) is 5.03. The highest BCUT2D eigenvalue weighted by Crippen LogP contribution is 2.39. The lowest BCUT2D eigenvalue weighted by atomic mass is 9.91. The average molecular weight is 422 g/mol. The largest absolute Gasteiger partial charge is 0.477 e. The predicted molar refractivity (Wildman–Crippen MR) is 109 cm³/mol. The second kappa shape index (κ2) is 8.36. The Morgan fingerprint density at radius 2 is 2.00 bits per heavy atom. The monoisotopic (exact) mass is 421 g/mol. The molecule has 2 N–H and O–H groups in total. The smallest absolute Gasteiger partial charge is 0.345 e. The predicted octanol–water partition coefficient (Wildman–Crippen LogP) is 4.26. The Balaban J connectivity index is 1.84. The average Bonchev–Trinajstić information content (AvgIpc) is 3.39. The fourth-order valence-corrected chi connectivity index (χ4v) is 5.89. The molecule has 8 heteroatoms. The molecule has 3 aromatic rings. The molecule has 28 heavy (non-hydrogen) atoms. The maximum absolute atomic E-state index is 12.9. The van der Waals surface area contributed by atoms with E-state index in [2.05, 4.69) is 4.98 Å². The molecule has 0 saturated carbocycles. The van der Waals surface area contributed by atoms with Crippen LogP contribution in [-0.4, -0.2) is 30.7 Å². The molecule has 6 nitrogen and oxygen atoms in total. The molecule has 0 spiro atoms. The van der Waals surface area contributed by atoms with Crippen molar-refractivity contribution in [1.29, 1.82) is 0 Å². The molecular formula is C20H23NO5S2. The summed E-state index contributed by atoms with van der Waals surface area (Å²) in [4.78, 5) is 15.3. The summed E-state index contributed by atoms with van der Waals surface area (Å²) in [5, 5.41) is 9.11. The van der Waals surface area contributed by atoms with E-state index >= 15 is 0 Å². The van der Waals surface area contributed by atoms with E-state index in [4.69, 9.17) is 9.52 Å². The summed E-state index contributed by atoms with van der Waals surface area (Å²) in [5.41, 5.74) is 0.671. The highest BCUT2D eigenvalue weighted by molar-refractivity contribution is 7.91. The van der Waals surface area contributed by atoms with Crippen LogP contribution in [0.2, 0.25) is 0 Å². The van der Waals surface area contributed by atoms with Gasteiger partial charge >= 0.3 is 5.97 Å². The minimum absolute atomic E-state index is 0.262. The summed E-state index contributed by atoms with van der Waals surface area (Å²) in [5.74, 6) is -0.133. The van der Waals surface area contributed by atoms with Gasteiger partial charge in [0.15, 0.2) is 9.84 Å². The molecular weight excluding hydrogens is 398 g/mol. The topological polar surface area (TPSA) is 100 Å². The third kappa shape index (κ3) is 4.39. The van der Waals surface area contributed by atoms with E-state index in [9.17, 15) is 13.2 Å². The van der Waals surface area contributed by atoms with E-state index in [1.807, 2.05) is 18.2 Å². The molecule has 0 fully saturated rings. The Bertz CT molecular complexity index is 1000. The lowest BCUT2D eigenvalue weighted by molar-refractivity contribution is 0.0702. The van der Waals surface area contributed by atoms with Crippen LogP contribution in [0.15, 0.2) is 53.3 Å². The lowest BCUT2D eigenvalue weighted by Gasteiger charge is -2.31. The maximum Gasteiger partial charge on any atom is 0.345 e. The molecule has 1 unspecified atom stereocenters. The summed E-state index contributed by atoms with van der Waals surface area (Å²) in [6.45, 7) is 0. The van der Waals surface area contributed by atoms with E-state index in [1.54, 1.807) is 30.7 Å². The van der Waals surface area contributed by atoms with Gasteiger partial charge in [-0.2, -0.15) is 0 Å². The Labute approximate surface area is 168 Å². The molecule has 0 aliphatic carbocycles. The van der Waals surface area contributed by atoms with Gasteiger partial charge in [0, 0.05) is 29.4 Å². The van der Waals surface area contributed by atoms with Crippen molar-refractivity contribution in [2.24, 2.45) is 0 Å². The van der Waals surface area contributed by atoms with Crippen LogP contribution in [0.1, 0.15) is 45.3 Å². The molecule has 0 aromatic carbocycles. The first-order chi connectivity index (χ1) is 13.3. The molecule has 0 saturated heterocycles. The first-order valence-corrected chi connectivity index (χ1v) is 11.7. The highest BCUT2D eigenvalue weighted by Gasteiger charge is 2.42. The summed E-state index contributed by atoms with van der Waals surface area (Å²) in [6, 6.07) is 10.6. The van der Waals surface area contributed by atoms with Crippen LogP contribution in [-0.2, 0) is 27.4 Å².